The first-order valence-electron chi connectivity index (χ1n) is 4.53. The average molecular weight is 217 g/mol. The second kappa shape index (κ2) is 3.21. The summed E-state index contributed by atoms with van der Waals surface area (Å²) in [6.45, 7) is 0.775. The Morgan fingerprint density at radius 3 is 2.00 bits per heavy atom. The van der Waals surface area contributed by atoms with Crippen LogP contribution in [0.4, 0.5) is 13.2 Å². The summed E-state index contributed by atoms with van der Waals surface area (Å²) in [6.07, 6.45) is -4.32. The minimum absolute atomic E-state index is 0.387. The Labute approximate surface area is 84.7 Å². The molecule has 2 N–H and O–H groups in total. The van der Waals surface area contributed by atoms with Gasteiger partial charge in [0.2, 0.25) is 0 Å². The number of β-amino-alcohol motifs (C(OH)–C–C–N with tert-alkyl or cyclic N) is 1. The highest BCUT2D eigenvalue weighted by Crippen LogP contribution is 2.31. The lowest BCUT2D eigenvalue weighted by atomic mass is 9.88. The molecule has 5 heteroatoms. The van der Waals surface area contributed by atoms with Crippen molar-refractivity contribution < 1.29 is 18.3 Å². The van der Waals surface area contributed by atoms with Crippen molar-refractivity contribution in [3.05, 3.63) is 35.4 Å². The molecule has 0 unspecified atom stereocenters. The van der Waals surface area contributed by atoms with Crippen LogP contribution >= 0.6 is 0 Å². The molecule has 1 aliphatic heterocycles. The van der Waals surface area contributed by atoms with Gasteiger partial charge in [-0.15, -0.1) is 0 Å². The van der Waals surface area contributed by atoms with Crippen LogP contribution in [0.25, 0.3) is 0 Å². The van der Waals surface area contributed by atoms with Crippen molar-refractivity contribution in [2.24, 2.45) is 0 Å². The first kappa shape index (κ1) is 10.4. The van der Waals surface area contributed by atoms with Crippen molar-refractivity contribution in [3.63, 3.8) is 0 Å². The summed E-state index contributed by atoms with van der Waals surface area (Å²) in [6, 6.07) is 4.63. The van der Waals surface area contributed by atoms with Crippen LogP contribution < -0.4 is 5.32 Å². The van der Waals surface area contributed by atoms with E-state index in [9.17, 15) is 18.3 Å². The topological polar surface area (TPSA) is 32.3 Å². The van der Waals surface area contributed by atoms with E-state index in [1.54, 1.807) is 0 Å². The van der Waals surface area contributed by atoms with Crippen LogP contribution in [0.1, 0.15) is 11.1 Å². The molecule has 0 atom stereocenters. The predicted octanol–water partition coefficient (Wildman–Crippen LogP) is 1.50. The molecule has 0 bridgehead atoms. The summed E-state index contributed by atoms with van der Waals surface area (Å²) in [5.41, 5.74) is -1.17. The van der Waals surface area contributed by atoms with Gasteiger partial charge in [-0.2, -0.15) is 13.2 Å². The van der Waals surface area contributed by atoms with Crippen LogP contribution in [0.2, 0.25) is 0 Å². The third kappa shape index (κ3) is 1.85. The van der Waals surface area contributed by atoms with E-state index in [4.69, 9.17) is 0 Å². The molecule has 1 aromatic carbocycles. The minimum atomic E-state index is -4.32. The van der Waals surface area contributed by atoms with Gasteiger partial charge in [-0.25, -0.2) is 0 Å². The highest BCUT2D eigenvalue weighted by Gasteiger charge is 2.37. The Hall–Kier alpha value is -1.07. The lowest BCUT2D eigenvalue weighted by Crippen LogP contribution is -2.56. The molecule has 2 nitrogen and oxygen atoms in total. The summed E-state index contributed by atoms with van der Waals surface area (Å²) in [4.78, 5) is 0. The number of hydrogen-bond donors (Lipinski definition) is 2. The van der Waals surface area contributed by atoms with Gasteiger partial charge in [-0.05, 0) is 17.7 Å². The number of rotatable bonds is 1. The zero-order valence-corrected chi connectivity index (χ0v) is 7.80. The van der Waals surface area contributed by atoms with Crippen LogP contribution in [0.5, 0.6) is 0 Å². The first-order valence-corrected chi connectivity index (χ1v) is 4.53. The quantitative estimate of drug-likeness (QED) is 0.747. The fraction of sp³-hybridized carbons (Fsp3) is 0.400. The molecule has 82 valence electrons. The number of hydrogen-bond acceptors (Lipinski definition) is 2. The third-order valence-electron chi connectivity index (χ3n) is 2.58. The van der Waals surface area contributed by atoms with E-state index in [-0.39, 0.29) is 0 Å². The van der Waals surface area contributed by atoms with Crippen LogP contribution in [0, 0.1) is 0 Å². The van der Waals surface area contributed by atoms with Crippen LogP contribution in [0.15, 0.2) is 24.3 Å². The number of halogens is 3. The van der Waals surface area contributed by atoms with Gasteiger partial charge in [0.15, 0.2) is 0 Å². The molecule has 1 fully saturated rings. The van der Waals surface area contributed by atoms with Crippen molar-refractivity contribution >= 4 is 0 Å². The van der Waals surface area contributed by atoms with E-state index in [0.29, 0.717) is 18.7 Å². The first-order chi connectivity index (χ1) is 6.92. The highest BCUT2D eigenvalue weighted by molar-refractivity contribution is 5.30. The molecule has 0 aromatic heterocycles. The lowest BCUT2D eigenvalue weighted by Gasteiger charge is -2.38. The molecule has 0 aliphatic carbocycles. The van der Waals surface area contributed by atoms with Crippen LogP contribution in [-0.2, 0) is 11.8 Å². The standard InChI is InChI=1S/C10H10F3NO/c11-10(12,13)8-3-1-7(2-4-8)9(15)5-14-6-9/h1-4,14-15H,5-6H2. The van der Waals surface area contributed by atoms with E-state index in [0.717, 1.165) is 12.1 Å². The van der Waals surface area contributed by atoms with Gasteiger partial charge in [0.05, 0.1) is 5.56 Å². The summed E-state index contributed by atoms with van der Waals surface area (Å²) < 4.78 is 36.7. The maximum Gasteiger partial charge on any atom is 0.416 e. The molecular weight excluding hydrogens is 207 g/mol. The minimum Gasteiger partial charge on any atom is -0.382 e. The Kier molecular flexibility index (Phi) is 2.24. The van der Waals surface area contributed by atoms with E-state index < -0.39 is 17.3 Å². The Morgan fingerprint density at radius 2 is 1.67 bits per heavy atom. The van der Waals surface area contributed by atoms with Crippen molar-refractivity contribution in [1.82, 2.24) is 5.32 Å². The molecule has 1 heterocycles. The predicted molar refractivity (Wildman–Crippen MR) is 48.2 cm³/mol. The van der Waals surface area contributed by atoms with Gasteiger partial charge >= 0.3 is 6.18 Å². The second-order valence-electron chi connectivity index (χ2n) is 3.71. The molecule has 1 aromatic rings. The molecule has 0 amide bonds. The molecule has 2 rings (SSSR count). The summed E-state index contributed by atoms with van der Waals surface area (Å²) in [7, 11) is 0. The number of aliphatic hydroxyl groups is 1. The van der Waals surface area contributed by atoms with Crippen molar-refractivity contribution in [2.75, 3.05) is 13.1 Å². The molecule has 0 radical (unpaired) electrons. The second-order valence-corrected chi connectivity index (χ2v) is 3.71. The monoisotopic (exact) mass is 217 g/mol. The number of alkyl halides is 3. The van der Waals surface area contributed by atoms with Gasteiger partial charge in [0, 0.05) is 13.1 Å². The SMILES string of the molecule is OC1(c2ccc(C(F)(F)F)cc2)CNC1. The van der Waals surface area contributed by atoms with Crippen molar-refractivity contribution in [1.29, 1.82) is 0 Å². The highest BCUT2D eigenvalue weighted by atomic mass is 19.4. The van der Waals surface area contributed by atoms with E-state index in [2.05, 4.69) is 5.32 Å². The summed E-state index contributed by atoms with van der Waals surface area (Å²) >= 11 is 0. The normalized spacial score (nSPS) is 19.7. The van der Waals surface area contributed by atoms with Gasteiger partial charge in [0.1, 0.15) is 5.60 Å². The fourth-order valence-corrected chi connectivity index (χ4v) is 1.54. The Balaban J connectivity index is 2.24. The van der Waals surface area contributed by atoms with E-state index in [1.165, 1.54) is 12.1 Å². The van der Waals surface area contributed by atoms with Crippen molar-refractivity contribution in [3.8, 4) is 0 Å². The smallest absolute Gasteiger partial charge is 0.382 e. The molecule has 0 saturated carbocycles. The van der Waals surface area contributed by atoms with Gasteiger partial charge < -0.3 is 10.4 Å². The zero-order valence-electron chi connectivity index (χ0n) is 7.80. The van der Waals surface area contributed by atoms with Crippen LogP contribution in [0.3, 0.4) is 0 Å². The third-order valence-corrected chi connectivity index (χ3v) is 2.58. The fourth-order valence-electron chi connectivity index (χ4n) is 1.54. The number of benzene rings is 1. The van der Waals surface area contributed by atoms with Crippen LogP contribution in [-0.4, -0.2) is 18.2 Å². The molecule has 15 heavy (non-hydrogen) atoms. The van der Waals surface area contributed by atoms with Gasteiger partial charge in [-0.3, -0.25) is 0 Å². The zero-order chi connectivity index (χ0) is 11.1. The maximum atomic E-state index is 12.2. The molecule has 1 saturated heterocycles. The average Bonchev–Trinajstić information content (AvgIpc) is 2.13. The van der Waals surface area contributed by atoms with E-state index in [1.807, 2.05) is 0 Å². The maximum absolute atomic E-state index is 12.2. The molecule has 0 spiro atoms. The summed E-state index contributed by atoms with van der Waals surface area (Å²) in [5, 5.41) is 12.7. The van der Waals surface area contributed by atoms with Gasteiger partial charge in [-0.1, -0.05) is 12.1 Å². The Bertz CT molecular complexity index is 354. The Morgan fingerprint density at radius 1 is 1.13 bits per heavy atom. The van der Waals surface area contributed by atoms with E-state index >= 15 is 0 Å². The largest absolute Gasteiger partial charge is 0.416 e. The number of nitrogens with one attached hydrogen (secondary N) is 1. The molecule has 1 aliphatic rings. The van der Waals surface area contributed by atoms with Crippen molar-refractivity contribution in [2.45, 2.75) is 11.8 Å². The van der Waals surface area contributed by atoms with Gasteiger partial charge in [0.25, 0.3) is 0 Å². The molecular formula is C10H10F3NO. The summed E-state index contributed by atoms with van der Waals surface area (Å²) in [5.74, 6) is 0. The lowest BCUT2D eigenvalue weighted by molar-refractivity contribution is -0.137.